The third-order valence-electron chi connectivity index (χ3n) is 4.50. The van der Waals surface area contributed by atoms with Crippen LogP contribution in [0.4, 0.5) is 0 Å². The van der Waals surface area contributed by atoms with Gasteiger partial charge in [-0.15, -0.1) is 0 Å². The van der Waals surface area contributed by atoms with Crippen molar-refractivity contribution < 1.29 is 4.79 Å². The lowest BCUT2D eigenvalue weighted by Crippen LogP contribution is -2.47. The third kappa shape index (κ3) is 3.01. The van der Waals surface area contributed by atoms with Crippen LogP contribution in [0, 0.1) is 5.92 Å². The Morgan fingerprint density at radius 3 is 2.53 bits per heavy atom. The lowest BCUT2D eigenvalue weighted by Gasteiger charge is -2.38. The number of amides is 1. The first-order chi connectivity index (χ1) is 8.22. The van der Waals surface area contributed by atoms with E-state index in [0.717, 1.165) is 38.6 Å². The molecule has 1 aliphatic carbocycles. The number of piperidine rings is 1. The maximum atomic E-state index is 12.5. The molecule has 2 rings (SSSR count). The first-order valence-corrected chi connectivity index (χ1v) is 7.28. The third-order valence-corrected chi connectivity index (χ3v) is 4.50. The molecule has 1 saturated carbocycles. The van der Waals surface area contributed by atoms with Crippen LogP contribution < -0.4 is 5.73 Å². The van der Waals surface area contributed by atoms with E-state index in [-0.39, 0.29) is 5.92 Å². The summed E-state index contributed by atoms with van der Waals surface area (Å²) < 4.78 is 0. The van der Waals surface area contributed by atoms with Crippen molar-refractivity contribution in [3.05, 3.63) is 0 Å². The highest BCUT2D eigenvalue weighted by atomic mass is 16.2. The van der Waals surface area contributed by atoms with E-state index in [0.29, 0.717) is 18.0 Å². The summed E-state index contributed by atoms with van der Waals surface area (Å²) in [5.74, 6) is 0.686. The summed E-state index contributed by atoms with van der Waals surface area (Å²) in [5.41, 5.74) is 5.90. The van der Waals surface area contributed by atoms with E-state index in [1.807, 2.05) is 0 Å². The fraction of sp³-hybridized carbons (Fsp3) is 0.929. The monoisotopic (exact) mass is 238 g/mol. The number of likely N-dealkylation sites (tertiary alicyclic amines) is 1. The summed E-state index contributed by atoms with van der Waals surface area (Å²) in [4.78, 5) is 14.7. The fourth-order valence-corrected chi connectivity index (χ4v) is 3.32. The zero-order valence-corrected chi connectivity index (χ0v) is 11.0. The number of rotatable bonds is 2. The Hall–Kier alpha value is -0.570. The van der Waals surface area contributed by atoms with E-state index in [9.17, 15) is 4.79 Å². The number of hydrogen-bond donors (Lipinski definition) is 1. The van der Waals surface area contributed by atoms with Crippen LogP contribution >= 0.6 is 0 Å². The van der Waals surface area contributed by atoms with Crippen LogP contribution in [0.15, 0.2) is 0 Å². The van der Waals surface area contributed by atoms with Crippen molar-refractivity contribution in [1.82, 2.24) is 4.90 Å². The number of carbonyl (C=O) groups is 1. The first-order valence-electron chi connectivity index (χ1n) is 7.28. The topological polar surface area (TPSA) is 46.3 Å². The van der Waals surface area contributed by atoms with Crippen LogP contribution in [0.1, 0.15) is 58.3 Å². The minimum Gasteiger partial charge on any atom is -0.339 e. The van der Waals surface area contributed by atoms with Crippen LogP contribution in [-0.4, -0.2) is 29.4 Å². The van der Waals surface area contributed by atoms with Gasteiger partial charge in [-0.25, -0.2) is 0 Å². The highest BCUT2D eigenvalue weighted by Gasteiger charge is 2.32. The van der Waals surface area contributed by atoms with Gasteiger partial charge in [-0.05, 0) is 51.4 Å². The molecule has 0 spiro atoms. The SMILES string of the molecule is CCC1CCCCN1C(=O)C1CCC(N)CC1. The van der Waals surface area contributed by atoms with Gasteiger partial charge >= 0.3 is 0 Å². The van der Waals surface area contributed by atoms with Crippen LogP contribution in [-0.2, 0) is 4.79 Å². The fourth-order valence-electron chi connectivity index (χ4n) is 3.32. The maximum absolute atomic E-state index is 12.5. The molecule has 2 aliphatic rings. The molecule has 0 aromatic heterocycles. The first kappa shape index (κ1) is 12.9. The van der Waals surface area contributed by atoms with Crippen molar-refractivity contribution >= 4 is 5.91 Å². The highest BCUT2D eigenvalue weighted by Crippen LogP contribution is 2.28. The van der Waals surface area contributed by atoms with E-state index in [1.165, 1.54) is 19.3 Å². The van der Waals surface area contributed by atoms with Crippen LogP contribution in [0.2, 0.25) is 0 Å². The average Bonchev–Trinajstić information content (AvgIpc) is 2.39. The molecule has 98 valence electrons. The number of nitrogens with two attached hydrogens (primary N) is 1. The van der Waals surface area contributed by atoms with Crippen molar-refractivity contribution in [3.63, 3.8) is 0 Å². The molecule has 0 radical (unpaired) electrons. The predicted octanol–water partition coefficient (Wildman–Crippen LogP) is 2.29. The molecule has 1 unspecified atom stereocenters. The molecule has 1 saturated heterocycles. The number of carbonyl (C=O) groups excluding carboxylic acids is 1. The smallest absolute Gasteiger partial charge is 0.225 e. The molecule has 2 N–H and O–H groups in total. The number of nitrogens with zero attached hydrogens (tertiary/aromatic N) is 1. The van der Waals surface area contributed by atoms with Gasteiger partial charge in [0.2, 0.25) is 5.91 Å². The van der Waals surface area contributed by atoms with Crippen molar-refractivity contribution in [2.24, 2.45) is 11.7 Å². The van der Waals surface area contributed by atoms with Crippen molar-refractivity contribution in [3.8, 4) is 0 Å². The summed E-state index contributed by atoms with van der Waals surface area (Å²) >= 11 is 0. The number of hydrogen-bond acceptors (Lipinski definition) is 2. The van der Waals surface area contributed by atoms with Gasteiger partial charge < -0.3 is 10.6 Å². The normalized spacial score (nSPS) is 34.7. The van der Waals surface area contributed by atoms with Gasteiger partial charge in [-0.2, -0.15) is 0 Å². The van der Waals surface area contributed by atoms with Gasteiger partial charge in [0.1, 0.15) is 0 Å². The molecular formula is C14H26N2O. The second-order valence-corrected chi connectivity index (χ2v) is 5.70. The van der Waals surface area contributed by atoms with Crippen molar-refractivity contribution in [1.29, 1.82) is 0 Å². The lowest BCUT2D eigenvalue weighted by atomic mass is 9.84. The Morgan fingerprint density at radius 2 is 1.88 bits per heavy atom. The van der Waals surface area contributed by atoms with Crippen LogP contribution in [0.25, 0.3) is 0 Å². The molecule has 17 heavy (non-hydrogen) atoms. The lowest BCUT2D eigenvalue weighted by molar-refractivity contribution is -0.140. The average molecular weight is 238 g/mol. The highest BCUT2D eigenvalue weighted by molar-refractivity contribution is 5.79. The zero-order chi connectivity index (χ0) is 12.3. The molecule has 1 amide bonds. The van der Waals surface area contributed by atoms with Gasteiger partial charge in [0, 0.05) is 24.5 Å². The molecule has 0 aromatic rings. The predicted molar refractivity (Wildman–Crippen MR) is 69.6 cm³/mol. The second kappa shape index (κ2) is 5.85. The quantitative estimate of drug-likeness (QED) is 0.802. The second-order valence-electron chi connectivity index (χ2n) is 5.70. The zero-order valence-electron chi connectivity index (χ0n) is 11.0. The molecule has 0 bridgehead atoms. The molecule has 2 fully saturated rings. The van der Waals surface area contributed by atoms with E-state index in [1.54, 1.807) is 0 Å². The Bertz CT molecular complexity index is 259. The summed E-state index contributed by atoms with van der Waals surface area (Å²) in [6.07, 6.45) is 8.86. The van der Waals surface area contributed by atoms with Crippen molar-refractivity contribution in [2.45, 2.75) is 70.4 Å². The van der Waals surface area contributed by atoms with E-state index >= 15 is 0 Å². The van der Waals surface area contributed by atoms with Crippen LogP contribution in [0.5, 0.6) is 0 Å². The van der Waals surface area contributed by atoms with E-state index in [2.05, 4.69) is 11.8 Å². The van der Waals surface area contributed by atoms with Gasteiger partial charge in [-0.3, -0.25) is 4.79 Å². The van der Waals surface area contributed by atoms with Gasteiger partial charge in [0.25, 0.3) is 0 Å². The van der Waals surface area contributed by atoms with Gasteiger partial charge in [-0.1, -0.05) is 6.92 Å². The molecule has 3 heteroatoms. The van der Waals surface area contributed by atoms with E-state index < -0.39 is 0 Å². The van der Waals surface area contributed by atoms with Crippen LogP contribution in [0.3, 0.4) is 0 Å². The summed E-state index contributed by atoms with van der Waals surface area (Å²) in [5, 5.41) is 0. The largest absolute Gasteiger partial charge is 0.339 e. The summed E-state index contributed by atoms with van der Waals surface area (Å²) in [7, 11) is 0. The van der Waals surface area contributed by atoms with Gasteiger partial charge in [0.05, 0.1) is 0 Å². The van der Waals surface area contributed by atoms with Gasteiger partial charge in [0.15, 0.2) is 0 Å². The van der Waals surface area contributed by atoms with Crippen molar-refractivity contribution in [2.75, 3.05) is 6.54 Å². The summed E-state index contributed by atoms with van der Waals surface area (Å²) in [6, 6.07) is 0.842. The molecule has 0 aromatic carbocycles. The molecule has 1 atom stereocenters. The molecule has 1 heterocycles. The Morgan fingerprint density at radius 1 is 1.18 bits per heavy atom. The summed E-state index contributed by atoms with van der Waals surface area (Å²) in [6.45, 7) is 3.19. The maximum Gasteiger partial charge on any atom is 0.225 e. The molecule has 1 aliphatic heterocycles. The molecule has 3 nitrogen and oxygen atoms in total. The minimum absolute atomic E-state index is 0.266. The molecular weight excluding hydrogens is 212 g/mol. The minimum atomic E-state index is 0.266. The Labute approximate surface area is 105 Å². The Balaban J connectivity index is 1.93. The standard InChI is InChI=1S/C14H26N2O/c1-2-13-5-3-4-10-16(13)14(17)11-6-8-12(15)9-7-11/h11-13H,2-10,15H2,1H3. The van der Waals surface area contributed by atoms with E-state index in [4.69, 9.17) is 5.73 Å². The Kier molecular flexibility index (Phi) is 4.43.